The molecule has 0 spiro atoms. The number of rotatable bonds is 9. The molecule has 3 aromatic rings. The number of carboxylic acid groups (broad SMARTS) is 1. The Hall–Kier alpha value is -3.85. The summed E-state index contributed by atoms with van der Waals surface area (Å²) in [6.45, 7) is 5.16. The molecule has 0 unspecified atom stereocenters. The number of nitrogens with zero attached hydrogens (tertiary/aromatic N) is 2. The van der Waals surface area contributed by atoms with E-state index in [-0.39, 0.29) is 24.7 Å². The van der Waals surface area contributed by atoms with Gasteiger partial charge in [-0.15, -0.1) is 5.92 Å². The fraction of sp³-hybridized carbons (Fsp3) is 0.400. The zero-order valence-electron chi connectivity index (χ0n) is 23.6. The Morgan fingerprint density at radius 3 is 2.54 bits per heavy atom. The third-order valence-electron chi connectivity index (χ3n) is 6.98. The predicted octanol–water partition coefficient (Wildman–Crippen LogP) is 2.39. The van der Waals surface area contributed by atoms with Gasteiger partial charge in [-0.1, -0.05) is 43.2 Å². The number of aliphatic hydroxyl groups excluding tert-OH is 1. The van der Waals surface area contributed by atoms with E-state index >= 15 is 0 Å². The average molecular weight is 583 g/mol. The first-order valence-corrected chi connectivity index (χ1v) is 15.2. The molecule has 0 radical (unpaired) electrons. The van der Waals surface area contributed by atoms with Crippen LogP contribution in [0.3, 0.4) is 0 Å². The maximum Gasteiger partial charge on any atom is 0.290 e. The van der Waals surface area contributed by atoms with Crippen LogP contribution in [0.25, 0.3) is 10.9 Å². The van der Waals surface area contributed by atoms with E-state index in [9.17, 15) is 18.3 Å². The number of anilines is 1. The van der Waals surface area contributed by atoms with Crippen LogP contribution in [0.15, 0.2) is 48.7 Å². The molecule has 220 valence electrons. The number of sulfonamides is 1. The van der Waals surface area contributed by atoms with E-state index in [1.54, 1.807) is 13.1 Å². The highest BCUT2D eigenvalue weighted by Crippen LogP contribution is 2.36. The summed E-state index contributed by atoms with van der Waals surface area (Å²) in [6, 6.07) is 12.6. The molecule has 0 aliphatic carbocycles. The van der Waals surface area contributed by atoms with Crippen molar-refractivity contribution in [1.29, 1.82) is 0 Å². The molecule has 1 amide bonds. The van der Waals surface area contributed by atoms with E-state index in [1.807, 2.05) is 61.0 Å². The van der Waals surface area contributed by atoms with Gasteiger partial charge in [0, 0.05) is 43.7 Å². The highest BCUT2D eigenvalue weighted by atomic mass is 32.2. The molecule has 0 bridgehead atoms. The minimum atomic E-state index is -3.51. The SMILES string of the molecule is CCC#CCNC[C@@H](O)[C@H](Cc1ccccc1)NC(=O)c1cc2c3c(cn(CC)c3c1)CCS(=O)(=O)N2C.O=CO. The van der Waals surface area contributed by atoms with E-state index in [0.717, 1.165) is 28.5 Å². The van der Waals surface area contributed by atoms with Crippen LogP contribution in [0.5, 0.6) is 0 Å². The molecule has 2 aromatic carbocycles. The Bertz CT molecular complexity index is 1510. The van der Waals surface area contributed by atoms with Gasteiger partial charge in [0.1, 0.15) is 0 Å². The smallest absolute Gasteiger partial charge is 0.290 e. The molecule has 11 heteroatoms. The third-order valence-corrected chi connectivity index (χ3v) is 8.73. The lowest BCUT2D eigenvalue weighted by molar-refractivity contribution is -0.122. The summed E-state index contributed by atoms with van der Waals surface area (Å²) in [5.41, 5.74) is 3.63. The van der Waals surface area contributed by atoms with Crippen LogP contribution in [-0.2, 0) is 34.2 Å². The zero-order valence-corrected chi connectivity index (χ0v) is 24.4. The van der Waals surface area contributed by atoms with Crippen molar-refractivity contribution in [2.45, 2.75) is 51.8 Å². The van der Waals surface area contributed by atoms with Gasteiger partial charge in [-0.3, -0.25) is 13.9 Å². The first-order valence-electron chi connectivity index (χ1n) is 13.6. The second-order valence-electron chi connectivity index (χ2n) is 9.64. The summed E-state index contributed by atoms with van der Waals surface area (Å²) < 4.78 is 29.0. The summed E-state index contributed by atoms with van der Waals surface area (Å²) in [5.74, 6) is 5.63. The Morgan fingerprint density at radius 1 is 1.17 bits per heavy atom. The van der Waals surface area contributed by atoms with E-state index in [2.05, 4.69) is 22.5 Å². The quantitative estimate of drug-likeness (QED) is 0.173. The number of benzene rings is 2. The standard InChI is InChI=1S/C29H36N4O4S.CH2O2/c1-4-6-10-14-30-19-27(34)24(16-21-11-8-7-9-12-21)31-29(35)23-17-25-28-22(13-15-38(36,37)32(25)3)20-33(5-2)26(28)18-23;2-1-3/h7-9,11-12,17-18,20,24,27,30,34H,4-5,13-16,19H2,1-3H3,(H,31,35);1H,(H,2,3)/t24-,27+;/m0./s1. The van der Waals surface area contributed by atoms with Gasteiger partial charge in [0.2, 0.25) is 10.0 Å². The van der Waals surface area contributed by atoms with Crippen molar-refractivity contribution in [2.24, 2.45) is 0 Å². The molecule has 0 saturated carbocycles. The molecule has 2 atom stereocenters. The first kappa shape index (κ1) is 31.7. The number of hydrogen-bond acceptors (Lipinski definition) is 6. The molecular formula is C30H38N4O6S. The van der Waals surface area contributed by atoms with Gasteiger partial charge in [-0.25, -0.2) is 8.42 Å². The summed E-state index contributed by atoms with van der Waals surface area (Å²) >= 11 is 0. The summed E-state index contributed by atoms with van der Waals surface area (Å²) in [4.78, 5) is 22.0. The fourth-order valence-corrected chi connectivity index (χ4v) is 6.06. The van der Waals surface area contributed by atoms with Crippen LogP contribution in [0.4, 0.5) is 5.69 Å². The molecule has 2 heterocycles. The van der Waals surface area contributed by atoms with Crippen LogP contribution < -0.4 is 14.9 Å². The van der Waals surface area contributed by atoms with Crippen molar-refractivity contribution in [3.05, 3.63) is 65.4 Å². The lowest BCUT2D eigenvalue weighted by atomic mass is 10.00. The number of carbonyl (C=O) groups excluding carboxylic acids is 1. The fourth-order valence-electron chi connectivity index (χ4n) is 4.86. The number of hydrogen-bond donors (Lipinski definition) is 4. The largest absolute Gasteiger partial charge is 0.483 e. The van der Waals surface area contributed by atoms with E-state index < -0.39 is 22.2 Å². The Kier molecular flexibility index (Phi) is 11.3. The van der Waals surface area contributed by atoms with E-state index in [0.29, 0.717) is 37.2 Å². The average Bonchev–Trinajstić information content (AvgIpc) is 3.29. The van der Waals surface area contributed by atoms with E-state index in [1.165, 1.54) is 4.31 Å². The van der Waals surface area contributed by atoms with Gasteiger partial charge in [0.05, 0.1) is 35.6 Å². The van der Waals surface area contributed by atoms with Gasteiger partial charge in [-0.2, -0.15) is 0 Å². The molecule has 0 fully saturated rings. The van der Waals surface area contributed by atoms with Gasteiger partial charge >= 0.3 is 0 Å². The second-order valence-corrected chi connectivity index (χ2v) is 11.8. The highest BCUT2D eigenvalue weighted by Gasteiger charge is 2.29. The topological polar surface area (TPSA) is 141 Å². The number of aliphatic hydroxyl groups is 1. The minimum absolute atomic E-state index is 0.0174. The summed E-state index contributed by atoms with van der Waals surface area (Å²) in [7, 11) is -1.96. The first-order chi connectivity index (χ1) is 19.7. The van der Waals surface area contributed by atoms with Crippen molar-refractivity contribution in [2.75, 3.05) is 30.2 Å². The van der Waals surface area contributed by atoms with Crippen molar-refractivity contribution in [3.63, 3.8) is 0 Å². The summed E-state index contributed by atoms with van der Waals surface area (Å²) in [5, 5.41) is 24.9. The monoisotopic (exact) mass is 582 g/mol. The minimum Gasteiger partial charge on any atom is -0.483 e. The number of nitrogens with one attached hydrogen (secondary N) is 2. The molecule has 1 aliphatic rings. The molecule has 0 saturated heterocycles. The van der Waals surface area contributed by atoms with Crippen molar-refractivity contribution >= 4 is 39.0 Å². The lowest BCUT2D eigenvalue weighted by Crippen LogP contribution is -2.48. The van der Waals surface area contributed by atoms with Crippen LogP contribution in [-0.4, -0.2) is 73.6 Å². The maximum atomic E-state index is 13.6. The number of amides is 1. The lowest BCUT2D eigenvalue weighted by Gasteiger charge is -2.25. The normalized spacial score (nSPS) is 15.0. The number of aromatic nitrogens is 1. The molecule has 4 N–H and O–H groups in total. The number of carbonyl (C=O) groups is 2. The number of aryl methyl sites for hydroxylation is 2. The van der Waals surface area contributed by atoms with Crippen LogP contribution in [0.1, 0.15) is 41.8 Å². The molecule has 1 aliphatic heterocycles. The Morgan fingerprint density at radius 2 is 1.88 bits per heavy atom. The zero-order chi connectivity index (χ0) is 30.0. The van der Waals surface area contributed by atoms with Crippen LogP contribution in [0.2, 0.25) is 0 Å². The molecule has 41 heavy (non-hydrogen) atoms. The van der Waals surface area contributed by atoms with Gasteiger partial charge in [-0.05, 0) is 43.0 Å². The van der Waals surface area contributed by atoms with Gasteiger partial charge < -0.3 is 25.4 Å². The van der Waals surface area contributed by atoms with Crippen molar-refractivity contribution in [3.8, 4) is 11.8 Å². The van der Waals surface area contributed by atoms with E-state index in [4.69, 9.17) is 9.90 Å². The van der Waals surface area contributed by atoms with Gasteiger partial charge in [0.25, 0.3) is 12.4 Å². The van der Waals surface area contributed by atoms with Crippen LogP contribution in [0, 0.1) is 11.8 Å². The molecule has 4 rings (SSSR count). The van der Waals surface area contributed by atoms with Crippen LogP contribution >= 0.6 is 0 Å². The Labute approximate surface area is 241 Å². The van der Waals surface area contributed by atoms with Crippen molar-refractivity contribution < 1.29 is 28.2 Å². The Balaban J connectivity index is 0.00000147. The maximum absolute atomic E-state index is 13.6. The molecule has 10 nitrogen and oxygen atoms in total. The molecule has 1 aromatic heterocycles. The third kappa shape index (κ3) is 7.88. The molecular weight excluding hydrogens is 544 g/mol. The van der Waals surface area contributed by atoms with Gasteiger partial charge in [0.15, 0.2) is 0 Å². The van der Waals surface area contributed by atoms with Crippen molar-refractivity contribution in [1.82, 2.24) is 15.2 Å². The second kappa shape index (κ2) is 14.7. The highest BCUT2D eigenvalue weighted by molar-refractivity contribution is 7.92. The summed E-state index contributed by atoms with van der Waals surface area (Å²) in [6.07, 6.45) is 2.76. The predicted molar refractivity (Wildman–Crippen MR) is 161 cm³/mol.